The van der Waals surface area contributed by atoms with E-state index < -0.39 is 0 Å². The molecule has 0 aliphatic heterocycles. The number of aromatic nitrogens is 2. The van der Waals surface area contributed by atoms with Crippen molar-refractivity contribution in [2.45, 2.75) is 38.5 Å². The first-order valence-corrected chi connectivity index (χ1v) is 11.4. The molecule has 0 aliphatic rings. The molecule has 9 nitrogen and oxygen atoms in total. The predicted molar refractivity (Wildman–Crippen MR) is 130 cm³/mol. The number of nitrogens with one attached hydrogen (secondary N) is 2. The fourth-order valence-corrected chi connectivity index (χ4v) is 3.57. The molecule has 1 heterocycles. The van der Waals surface area contributed by atoms with Crippen LogP contribution in [0.1, 0.15) is 37.7 Å². The highest BCUT2D eigenvalue weighted by molar-refractivity contribution is 5.91. The molecule has 1 amide bonds. The summed E-state index contributed by atoms with van der Waals surface area (Å²) >= 11 is 0. The van der Waals surface area contributed by atoms with Gasteiger partial charge < -0.3 is 19.5 Å². The smallest absolute Gasteiger partial charge is 0.243 e. The second-order valence-electron chi connectivity index (χ2n) is 7.81. The molecule has 3 N–H and O–H groups in total. The van der Waals surface area contributed by atoms with E-state index in [0.717, 1.165) is 61.1 Å². The quantitative estimate of drug-likeness (QED) is 0.184. The number of rotatable bonds is 14. The maximum absolute atomic E-state index is 11.0. The average molecular weight is 469 g/mol. The normalized spacial score (nSPS) is 10.7. The molecule has 0 spiro atoms. The van der Waals surface area contributed by atoms with Crippen LogP contribution in [0.5, 0.6) is 17.2 Å². The minimum atomic E-state index is -0.354. The van der Waals surface area contributed by atoms with Crippen molar-refractivity contribution in [3.8, 4) is 17.2 Å². The number of hydrogen-bond donors (Lipinski definition) is 3. The number of fused-ring (bicyclic) bond motifs is 1. The van der Waals surface area contributed by atoms with E-state index in [2.05, 4.69) is 27.4 Å². The third-order valence-electron chi connectivity index (χ3n) is 5.47. The van der Waals surface area contributed by atoms with E-state index in [4.69, 9.17) is 19.4 Å². The summed E-state index contributed by atoms with van der Waals surface area (Å²) in [5.41, 5.74) is 3.62. The summed E-state index contributed by atoms with van der Waals surface area (Å²) in [4.78, 5) is 19.8. The maximum Gasteiger partial charge on any atom is 0.243 e. The Morgan fingerprint density at radius 2 is 1.76 bits per heavy atom. The van der Waals surface area contributed by atoms with Crippen molar-refractivity contribution in [1.29, 1.82) is 0 Å². The van der Waals surface area contributed by atoms with E-state index >= 15 is 0 Å². The minimum absolute atomic E-state index is 0.324. The van der Waals surface area contributed by atoms with Gasteiger partial charge in [0.05, 0.1) is 26.3 Å². The van der Waals surface area contributed by atoms with Crippen molar-refractivity contribution >= 4 is 22.6 Å². The molecular weight excluding hydrogens is 436 g/mol. The van der Waals surface area contributed by atoms with Gasteiger partial charge in [-0.05, 0) is 43.0 Å². The van der Waals surface area contributed by atoms with Gasteiger partial charge in [-0.25, -0.2) is 15.4 Å². The number of benzene rings is 2. The highest BCUT2D eigenvalue weighted by atomic mass is 16.5. The largest absolute Gasteiger partial charge is 0.497 e. The number of ether oxygens (including phenoxy) is 3. The molecule has 1 aromatic heterocycles. The van der Waals surface area contributed by atoms with E-state index in [1.165, 1.54) is 11.9 Å². The zero-order chi connectivity index (χ0) is 24.2. The van der Waals surface area contributed by atoms with Crippen LogP contribution in [0.15, 0.2) is 42.7 Å². The monoisotopic (exact) mass is 468 g/mol. The van der Waals surface area contributed by atoms with Crippen LogP contribution in [-0.2, 0) is 11.2 Å². The van der Waals surface area contributed by atoms with Crippen molar-refractivity contribution < 1.29 is 24.2 Å². The molecule has 0 saturated heterocycles. The number of carbonyl (C=O) groups excluding carboxylic acids is 1. The Labute approximate surface area is 199 Å². The maximum atomic E-state index is 11.0. The van der Waals surface area contributed by atoms with Gasteiger partial charge in [0.25, 0.3) is 0 Å². The fourth-order valence-electron chi connectivity index (χ4n) is 3.57. The Morgan fingerprint density at radius 3 is 2.50 bits per heavy atom. The lowest BCUT2D eigenvalue weighted by Gasteiger charge is -2.14. The summed E-state index contributed by atoms with van der Waals surface area (Å²) in [6.45, 7) is 1.25. The van der Waals surface area contributed by atoms with Crippen molar-refractivity contribution in [2.75, 3.05) is 32.7 Å². The van der Waals surface area contributed by atoms with Crippen molar-refractivity contribution in [3.05, 3.63) is 48.3 Å². The van der Waals surface area contributed by atoms with Crippen LogP contribution in [-0.4, -0.2) is 48.5 Å². The summed E-state index contributed by atoms with van der Waals surface area (Å²) < 4.78 is 16.7. The molecule has 0 fully saturated rings. The zero-order valence-electron chi connectivity index (χ0n) is 19.7. The van der Waals surface area contributed by atoms with Crippen molar-refractivity contribution in [2.24, 2.45) is 0 Å². The average Bonchev–Trinajstić information content (AvgIpc) is 2.88. The summed E-state index contributed by atoms with van der Waals surface area (Å²) in [7, 11) is 3.27. The predicted octanol–water partition coefficient (Wildman–Crippen LogP) is 4.14. The third kappa shape index (κ3) is 7.21. The molecule has 0 radical (unpaired) electrons. The molecule has 0 aliphatic carbocycles. The van der Waals surface area contributed by atoms with Crippen molar-refractivity contribution in [1.82, 2.24) is 15.4 Å². The Kier molecular flexibility index (Phi) is 9.72. The topological polar surface area (TPSA) is 115 Å². The zero-order valence-corrected chi connectivity index (χ0v) is 19.7. The van der Waals surface area contributed by atoms with Crippen LogP contribution in [0.3, 0.4) is 0 Å². The molecular formula is C25H32N4O5. The number of hydrogen-bond acceptors (Lipinski definition) is 8. The molecule has 0 atom stereocenters. The first kappa shape index (κ1) is 25.0. The highest BCUT2D eigenvalue weighted by Gasteiger charge is 2.12. The van der Waals surface area contributed by atoms with E-state index in [-0.39, 0.29) is 5.91 Å². The third-order valence-corrected chi connectivity index (χ3v) is 5.47. The van der Waals surface area contributed by atoms with E-state index in [9.17, 15) is 4.79 Å². The van der Waals surface area contributed by atoms with Gasteiger partial charge in [-0.15, -0.1) is 0 Å². The van der Waals surface area contributed by atoms with Crippen LogP contribution in [0.2, 0.25) is 0 Å². The number of carbonyl (C=O) groups is 1. The molecule has 3 aromatic rings. The summed E-state index contributed by atoms with van der Waals surface area (Å²) in [5.74, 6) is 2.49. The van der Waals surface area contributed by atoms with Gasteiger partial charge in [-0.2, -0.15) is 0 Å². The number of anilines is 1. The standard InChI is InChI=1S/C25H32N4O5/c1-32-19-10-8-18(9-11-19)12-13-26-25-20-15-23(22(33-2)16-21(20)27-17-28-25)34-14-6-4-3-5-7-24(30)29-31/h8-11,15-17,31H,3-7,12-14H2,1-2H3,(H,29,30)(H,26,27,28). The number of amides is 1. The SMILES string of the molecule is COc1ccc(CCNc2ncnc3cc(OC)c(OCCCCCCC(=O)NO)cc23)cc1. The van der Waals surface area contributed by atoms with Crippen LogP contribution in [0, 0.1) is 0 Å². The lowest BCUT2D eigenvalue weighted by Crippen LogP contribution is -2.17. The van der Waals surface area contributed by atoms with Crippen molar-refractivity contribution in [3.63, 3.8) is 0 Å². The van der Waals surface area contributed by atoms with Crippen LogP contribution < -0.4 is 25.0 Å². The van der Waals surface area contributed by atoms with Gasteiger partial charge in [0, 0.05) is 24.4 Å². The van der Waals surface area contributed by atoms with E-state index in [1.807, 2.05) is 24.3 Å². The number of hydroxylamine groups is 1. The van der Waals surface area contributed by atoms with E-state index in [0.29, 0.717) is 24.5 Å². The number of methoxy groups -OCH3 is 2. The molecule has 0 bridgehead atoms. The molecule has 0 unspecified atom stereocenters. The van der Waals surface area contributed by atoms with Gasteiger partial charge in [-0.1, -0.05) is 25.0 Å². The molecule has 34 heavy (non-hydrogen) atoms. The lowest BCUT2D eigenvalue weighted by atomic mass is 10.1. The van der Waals surface area contributed by atoms with Crippen LogP contribution in [0.4, 0.5) is 5.82 Å². The summed E-state index contributed by atoms with van der Waals surface area (Å²) in [6, 6.07) is 11.8. The highest BCUT2D eigenvalue weighted by Crippen LogP contribution is 2.34. The van der Waals surface area contributed by atoms with Gasteiger partial charge in [0.15, 0.2) is 11.5 Å². The van der Waals surface area contributed by atoms with Crippen LogP contribution >= 0.6 is 0 Å². The van der Waals surface area contributed by atoms with Gasteiger partial charge >= 0.3 is 0 Å². The van der Waals surface area contributed by atoms with Gasteiger partial charge in [0.1, 0.15) is 17.9 Å². The van der Waals surface area contributed by atoms with Crippen LogP contribution in [0.25, 0.3) is 10.9 Å². The Hall–Kier alpha value is -3.59. The second kappa shape index (κ2) is 13.2. The number of nitrogens with zero attached hydrogens (tertiary/aromatic N) is 2. The molecule has 3 rings (SSSR count). The van der Waals surface area contributed by atoms with Gasteiger partial charge in [-0.3, -0.25) is 10.0 Å². The molecule has 9 heteroatoms. The first-order chi connectivity index (χ1) is 16.6. The molecule has 0 saturated carbocycles. The minimum Gasteiger partial charge on any atom is -0.497 e. The lowest BCUT2D eigenvalue weighted by molar-refractivity contribution is -0.129. The van der Waals surface area contributed by atoms with E-state index in [1.54, 1.807) is 19.7 Å². The second-order valence-corrected chi connectivity index (χ2v) is 7.81. The Morgan fingerprint density at radius 1 is 0.971 bits per heavy atom. The molecule has 2 aromatic carbocycles. The first-order valence-electron chi connectivity index (χ1n) is 11.4. The Bertz CT molecular complexity index is 1060. The summed E-state index contributed by atoms with van der Waals surface area (Å²) in [5, 5.41) is 12.8. The number of unbranched alkanes of at least 4 members (excludes halogenated alkanes) is 3. The van der Waals surface area contributed by atoms with Gasteiger partial charge in [0.2, 0.25) is 5.91 Å². The molecule has 182 valence electrons. The Balaban J connectivity index is 1.58. The summed E-state index contributed by atoms with van der Waals surface area (Å²) in [6.07, 6.45) is 6.10. The fraction of sp³-hybridized carbons (Fsp3) is 0.400.